The molecule has 7 heteroatoms. The van der Waals surface area contributed by atoms with Crippen molar-refractivity contribution in [3.05, 3.63) is 0 Å². The molecule has 2 heterocycles. The lowest BCUT2D eigenvalue weighted by molar-refractivity contribution is 0.0170. The number of guanidine groups is 1. The molecule has 24 heavy (non-hydrogen) atoms. The van der Waals surface area contributed by atoms with Crippen LogP contribution in [0, 0.1) is 0 Å². The van der Waals surface area contributed by atoms with Crippen molar-refractivity contribution in [2.24, 2.45) is 4.99 Å². The van der Waals surface area contributed by atoms with Gasteiger partial charge in [0.15, 0.2) is 5.96 Å². The van der Waals surface area contributed by atoms with Crippen molar-refractivity contribution >= 4 is 41.7 Å². The third-order valence-corrected chi connectivity index (χ3v) is 5.39. The maximum Gasteiger partial charge on any atom is 0.193 e. The highest BCUT2D eigenvalue weighted by molar-refractivity contribution is 14.0. The van der Waals surface area contributed by atoms with E-state index >= 15 is 0 Å². The minimum absolute atomic E-state index is 0. The molecular formula is C17H34IN3O2S. The number of aliphatic imine (C=N–C) groups is 1. The molecule has 0 aliphatic carbocycles. The summed E-state index contributed by atoms with van der Waals surface area (Å²) in [6.45, 7) is 13.0. The van der Waals surface area contributed by atoms with Gasteiger partial charge in [-0.1, -0.05) is 0 Å². The lowest BCUT2D eigenvalue weighted by Gasteiger charge is -2.39. The summed E-state index contributed by atoms with van der Waals surface area (Å²) in [6.07, 6.45) is 3.61. The van der Waals surface area contributed by atoms with Crippen LogP contribution in [-0.2, 0) is 9.47 Å². The lowest BCUT2D eigenvalue weighted by atomic mass is 10.2. The first kappa shape index (κ1) is 22.3. The Balaban J connectivity index is 0.00000288. The minimum atomic E-state index is 0. The Morgan fingerprint density at radius 2 is 2.29 bits per heavy atom. The summed E-state index contributed by atoms with van der Waals surface area (Å²) < 4.78 is 11.6. The van der Waals surface area contributed by atoms with Crippen molar-refractivity contribution in [2.75, 3.05) is 51.8 Å². The zero-order valence-electron chi connectivity index (χ0n) is 15.4. The highest BCUT2D eigenvalue weighted by atomic mass is 127. The SMILES string of the molecule is CCNC(=NCCCOCC1CCCO1)N1CCSC(C)(C)C1.I. The molecule has 2 saturated heterocycles. The molecule has 5 nitrogen and oxygen atoms in total. The summed E-state index contributed by atoms with van der Waals surface area (Å²) in [5.74, 6) is 2.22. The number of nitrogens with one attached hydrogen (secondary N) is 1. The van der Waals surface area contributed by atoms with Gasteiger partial charge in [-0.25, -0.2) is 0 Å². The number of halogens is 1. The normalized spacial score (nSPS) is 23.9. The van der Waals surface area contributed by atoms with Gasteiger partial charge in [0.2, 0.25) is 0 Å². The Morgan fingerprint density at radius 1 is 1.46 bits per heavy atom. The zero-order chi connectivity index (χ0) is 16.5. The van der Waals surface area contributed by atoms with Gasteiger partial charge in [-0.15, -0.1) is 24.0 Å². The molecule has 0 amide bonds. The van der Waals surface area contributed by atoms with Crippen LogP contribution in [0.3, 0.4) is 0 Å². The van der Waals surface area contributed by atoms with Crippen LogP contribution in [0.4, 0.5) is 0 Å². The molecule has 0 radical (unpaired) electrons. The third kappa shape index (κ3) is 8.10. The molecule has 142 valence electrons. The second kappa shape index (κ2) is 11.8. The molecule has 2 aliphatic heterocycles. The molecule has 2 rings (SSSR count). The van der Waals surface area contributed by atoms with E-state index in [1.165, 1.54) is 12.2 Å². The quantitative estimate of drug-likeness (QED) is 0.268. The Kier molecular flexibility index (Phi) is 11.0. The first-order chi connectivity index (χ1) is 11.1. The van der Waals surface area contributed by atoms with Crippen molar-refractivity contribution < 1.29 is 9.47 Å². The molecule has 0 bridgehead atoms. The molecule has 0 saturated carbocycles. The predicted octanol–water partition coefficient (Wildman–Crippen LogP) is 2.98. The Hall–Kier alpha value is 0.270. The summed E-state index contributed by atoms with van der Waals surface area (Å²) >= 11 is 2.05. The summed E-state index contributed by atoms with van der Waals surface area (Å²) in [4.78, 5) is 7.18. The van der Waals surface area contributed by atoms with E-state index < -0.39 is 0 Å². The second-order valence-electron chi connectivity index (χ2n) is 6.83. The number of ether oxygens (including phenoxy) is 2. The molecule has 2 aliphatic rings. The molecule has 1 atom stereocenters. The topological polar surface area (TPSA) is 46.1 Å². The smallest absolute Gasteiger partial charge is 0.193 e. The van der Waals surface area contributed by atoms with E-state index in [9.17, 15) is 0 Å². The van der Waals surface area contributed by atoms with E-state index in [0.29, 0.717) is 10.9 Å². The van der Waals surface area contributed by atoms with Gasteiger partial charge in [0.1, 0.15) is 0 Å². The van der Waals surface area contributed by atoms with E-state index in [-0.39, 0.29) is 24.0 Å². The number of rotatable bonds is 7. The van der Waals surface area contributed by atoms with Crippen LogP contribution in [0.2, 0.25) is 0 Å². The second-order valence-corrected chi connectivity index (χ2v) is 8.63. The Morgan fingerprint density at radius 3 is 2.96 bits per heavy atom. The van der Waals surface area contributed by atoms with Gasteiger partial charge in [-0.05, 0) is 40.0 Å². The van der Waals surface area contributed by atoms with Crippen LogP contribution in [0.5, 0.6) is 0 Å². The number of nitrogens with zero attached hydrogens (tertiary/aromatic N) is 2. The van der Waals surface area contributed by atoms with E-state index in [4.69, 9.17) is 14.5 Å². The molecule has 1 N–H and O–H groups in total. The number of thioether (sulfide) groups is 1. The van der Waals surface area contributed by atoms with Crippen molar-refractivity contribution in [1.29, 1.82) is 0 Å². The third-order valence-electron chi connectivity index (χ3n) is 4.10. The van der Waals surface area contributed by atoms with Crippen LogP contribution in [0.15, 0.2) is 4.99 Å². The van der Waals surface area contributed by atoms with E-state index in [2.05, 4.69) is 42.7 Å². The highest BCUT2D eigenvalue weighted by Crippen LogP contribution is 2.29. The molecule has 0 aromatic carbocycles. The van der Waals surface area contributed by atoms with Crippen molar-refractivity contribution in [3.63, 3.8) is 0 Å². The number of hydrogen-bond donors (Lipinski definition) is 1. The van der Waals surface area contributed by atoms with Gasteiger partial charge >= 0.3 is 0 Å². The van der Waals surface area contributed by atoms with Crippen LogP contribution in [0.1, 0.15) is 40.0 Å². The summed E-state index contributed by atoms with van der Waals surface area (Å²) in [7, 11) is 0. The largest absolute Gasteiger partial charge is 0.379 e. The zero-order valence-corrected chi connectivity index (χ0v) is 18.5. The standard InChI is InChI=1S/C17H33N3O2S.HI/c1-4-18-16(20-9-12-23-17(2,3)14-20)19-8-6-10-21-13-15-7-5-11-22-15;/h15H,4-14H2,1-3H3,(H,18,19);1H. The highest BCUT2D eigenvalue weighted by Gasteiger charge is 2.28. The maximum absolute atomic E-state index is 5.71. The number of hydrogen-bond acceptors (Lipinski definition) is 4. The first-order valence-electron chi connectivity index (χ1n) is 8.97. The van der Waals surface area contributed by atoms with Gasteiger partial charge in [0.25, 0.3) is 0 Å². The minimum Gasteiger partial charge on any atom is -0.379 e. The van der Waals surface area contributed by atoms with E-state index in [0.717, 1.165) is 64.8 Å². The van der Waals surface area contributed by atoms with E-state index in [1.54, 1.807) is 0 Å². The fourth-order valence-electron chi connectivity index (χ4n) is 2.97. The average molecular weight is 471 g/mol. The molecular weight excluding hydrogens is 437 g/mol. The van der Waals surface area contributed by atoms with Crippen LogP contribution >= 0.6 is 35.7 Å². The average Bonchev–Trinajstić information content (AvgIpc) is 3.02. The van der Waals surface area contributed by atoms with Crippen molar-refractivity contribution in [1.82, 2.24) is 10.2 Å². The summed E-state index contributed by atoms with van der Waals surface area (Å²) in [6, 6.07) is 0. The fourth-order valence-corrected chi connectivity index (χ4v) is 4.08. The summed E-state index contributed by atoms with van der Waals surface area (Å²) in [5, 5.41) is 3.43. The molecule has 2 fully saturated rings. The Bertz CT molecular complexity index is 377. The van der Waals surface area contributed by atoms with Gasteiger partial charge in [-0.3, -0.25) is 4.99 Å². The first-order valence-corrected chi connectivity index (χ1v) is 9.96. The molecule has 1 unspecified atom stereocenters. The van der Waals surface area contributed by atoms with Crippen LogP contribution < -0.4 is 5.32 Å². The van der Waals surface area contributed by atoms with Gasteiger partial charge < -0.3 is 19.7 Å². The Labute approximate surface area is 168 Å². The van der Waals surface area contributed by atoms with Crippen LogP contribution in [0.25, 0.3) is 0 Å². The fraction of sp³-hybridized carbons (Fsp3) is 0.941. The van der Waals surface area contributed by atoms with Gasteiger partial charge in [-0.2, -0.15) is 11.8 Å². The lowest BCUT2D eigenvalue weighted by Crippen LogP contribution is -2.51. The monoisotopic (exact) mass is 471 g/mol. The molecule has 0 aromatic heterocycles. The maximum atomic E-state index is 5.71. The molecule has 0 spiro atoms. The predicted molar refractivity (Wildman–Crippen MR) is 114 cm³/mol. The van der Waals surface area contributed by atoms with Crippen molar-refractivity contribution in [2.45, 2.75) is 50.9 Å². The van der Waals surface area contributed by atoms with Gasteiger partial charge in [0.05, 0.1) is 12.7 Å². The van der Waals surface area contributed by atoms with Crippen LogP contribution in [-0.4, -0.2) is 73.5 Å². The summed E-state index contributed by atoms with van der Waals surface area (Å²) in [5.41, 5.74) is 0. The van der Waals surface area contributed by atoms with Crippen molar-refractivity contribution in [3.8, 4) is 0 Å². The molecule has 0 aromatic rings. The van der Waals surface area contributed by atoms with Gasteiger partial charge in [0, 0.05) is 49.9 Å². The van der Waals surface area contributed by atoms with E-state index in [1.807, 2.05) is 0 Å².